The third kappa shape index (κ3) is 2.26. The van der Waals surface area contributed by atoms with Gasteiger partial charge in [-0.3, -0.25) is 4.79 Å². The molecule has 0 amide bonds. The van der Waals surface area contributed by atoms with Gasteiger partial charge >= 0.3 is 0 Å². The second-order valence-electron chi connectivity index (χ2n) is 2.72. The molecule has 3 nitrogen and oxygen atoms in total. The highest BCUT2D eigenvalue weighted by molar-refractivity contribution is 9.10. The molecule has 1 aromatic carbocycles. The van der Waals surface area contributed by atoms with Gasteiger partial charge in [0.15, 0.2) is 5.78 Å². The van der Waals surface area contributed by atoms with Gasteiger partial charge in [0.25, 0.3) is 0 Å². The summed E-state index contributed by atoms with van der Waals surface area (Å²) in [6.45, 7) is 0.256. The number of carbonyl (C=O) groups excluding carboxylic acids is 1. The Morgan fingerprint density at radius 2 is 2.21 bits per heavy atom. The van der Waals surface area contributed by atoms with E-state index in [-0.39, 0.29) is 35.1 Å². The summed E-state index contributed by atoms with van der Waals surface area (Å²) >= 11 is 8.89. The Labute approximate surface area is 95.0 Å². The Morgan fingerprint density at radius 3 is 2.79 bits per heavy atom. The molecule has 0 aromatic heterocycles. The van der Waals surface area contributed by atoms with Gasteiger partial charge in [-0.2, -0.15) is 0 Å². The molecule has 3 N–H and O–H groups in total. The van der Waals surface area contributed by atoms with E-state index in [0.717, 1.165) is 0 Å². The van der Waals surface area contributed by atoms with Gasteiger partial charge in [-0.1, -0.05) is 11.6 Å². The first-order chi connectivity index (χ1) is 6.57. The van der Waals surface area contributed by atoms with Crippen LogP contribution in [0.5, 0.6) is 5.75 Å². The Hall–Kier alpha value is -0.580. The summed E-state index contributed by atoms with van der Waals surface area (Å²) in [7, 11) is 0. The molecule has 76 valence electrons. The van der Waals surface area contributed by atoms with Gasteiger partial charge in [0.05, 0.1) is 10.6 Å². The number of aromatic hydroxyl groups is 1. The zero-order valence-corrected chi connectivity index (χ0v) is 9.60. The normalized spacial score (nSPS) is 10.2. The van der Waals surface area contributed by atoms with Crippen LogP contribution >= 0.6 is 27.5 Å². The van der Waals surface area contributed by atoms with E-state index in [2.05, 4.69) is 15.9 Å². The smallest absolute Gasteiger partial charge is 0.167 e. The molecule has 1 rings (SSSR count). The summed E-state index contributed by atoms with van der Waals surface area (Å²) < 4.78 is 0.556. The number of phenolic OH excluding ortho intramolecular Hbond substituents is 1. The minimum Gasteiger partial charge on any atom is -0.506 e. The van der Waals surface area contributed by atoms with Crippen molar-refractivity contribution >= 4 is 33.3 Å². The lowest BCUT2D eigenvalue weighted by Gasteiger charge is -2.05. The van der Waals surface area contributed by atoms with E-state index in [1.807, 2.05) is 0 Å². The Bertz CT molecular complexity index is 368. The van der Waals surface area contributed by atoms with E-state index in [4.69, 9.17) is 17.3 Å². The SMILES string of the molecule is NCCC(=O)c1ccc(Br)c(Cl)c1O. The third-order valence-electron chi connectivity index (χ3n) is 1.74. The second kappa shape index (κ2) is 4.77. The highest BCUT2D eigenvalue weighted by Gasteiger charge is 2.14. The van der Waals surface area contributed by atoms with Gasteiger partial charge < -0.3 is 10.8 Å². The number of hydrogen-bond acceptors (Lipinski definition) is 3. The summed E-state index contributed by atoms with van der Waals surface area (Å²) in [6, 6.07) is 3.13. The van der Waals surface area contributed by atoms with Crippen molar-refractivity contribution in [2.75, 3.05) is 6.54 Å². The number of rotatable bonds is 3. The summed E-state index contributed by atoms with van der Waals surface area (Å²) in [4.78, 5) is 11.4. The van der Waals surface area contributed by atoms with Crippen LogP contribution < -0.4 is 5.73 Å². The summed E-state index contributed by atoms with van der Waals surface area (Å²) in [5.41, 5.74) is 5.45. The fraction of sp³-hybridized carbons (Fsp3) is 0.222. The molecule has 0 saturated heterocycles. The number of ketones is 1. The second-order valence-corrected chi connectivity index (χ2v) is 3.95. The van der Waals surface area contributed by atoms with Crippen LogP contribution in [0.2, 0.25) is 5.02 Å². The van der Waals surface area contributed by atoms with E-state index in [1.165, 1.54) is 6.07 Å². The van der Waals surface area contributed by atoms with Crippen LogP contribution in [0.15, 0.2) is 16.6 Å². The largest absolute Gasteiger partial charge is 0.506 e. The molecule has 0 atom stereocenters. The maximum Gasteiger partial charge on any atom is 0.167 e. The quantitative estimate of drug-likeness (QED) is 0.834. The predicted molar refractivity (Wildman–Crippen MR) is 58.8 cm³/mol. The highest BCUT2D eigenvalue weighted by atomic mass is 79.9. The summed E-state index contributed by atoms with van der Waals surface area (Å²) in [6.07, 6.45) is 0.200. The van der Waals surface area contributed by atoms with Gasteiger partial charge in [0.2, 0.25) is 0 Å². The van der Waals surface area contributed by atoms with Crippen molar-refractivity contribution in [1.29, 1.82) is 0 Å². The van der Waals surface area contributed by atoms with E-state index in [9.17, 15) is 9.90 Å². The molecule has 0 heterocycles. The van der Waals surface area contributed by atoms with Gasteiger partial charge in [0.1, 0.15) is 5.75 Å². The van der Waals surface area contributed by atoms with Gasteiger partial charge in [-0.15, -0.1) is 0 Å². The van der Waals surface area contributed by atoms with Gasteiger partial charge in [-0.25, -0.2) is 0 Å². The van der Waals surface area contributed by atoms with Crippen molar-refractivity contribution in [3.63, 3.8) is 0 Å². The number of halogens is 2. The van der Waals surface area contributed by atoms with Crippen molar-refractivity contribution < 1.29 is 9.90 Å². The Morgan fingerprint density at radius 1 is 1.57 bits per heavy atom. The lowest BCUT2D eigenvalue weighted by atomic mass is 10.1. The van der Waals surface area contributed by atoms with Crippen LogP contribution in [0.1, 0.15) is 16.8 Å². The van der Waals surface area contributed by atoms with Crippen molar-refractivity contribution in [2.45, 2.75) is 6.42 Å². The maximum atomic E-state index is 11.4. The summed E-state index contributed by atoms with van der Waals surface area (Å²) in [5.74, 6) is -0.404. The molecule has 0 spiro atoms. The molecule has 14 heavy (non-hydrogen) atoms. The van der Waals surface area contributed by atoms with Crippen LogP contribution in [-0.2, 0) is 0 Å². The minimum absolute atomic E-state index is 0.146. The van der Waals surface area contributed by atoms with Crippen LogP contribution in [0.3, 0.4) is 0 Å². The lowest BCUT2D eigenvalue weighted by molar-refractivity contribution is 0.0983. The molecular formula is C9H9BrClNO2. The molecule has 5 heteroatoms. The third-order valence-corrected chi connectivity index (χ3v) is 3.01. The number of Topliss-reactive ketones (excluding diaryl/α,β-unsaturated/α-hetero) is 1. The fourth-order valence-corrected chi connectivity index (χ4v) is 1.52. The highest BCUT2D eigenvalue weighted by Crippen LogP contribution is 2.34. The molecule has 0 unspecified atom stereocenters. The number of carbonyl (C=O) groups is 1. The summed E-state index contributed by atoms with van der Waals surface area (Å²) in [5, 5.41) is 9.70. The lowest BCUT2D eigenvalue weighted by Crippen LogP contribution is -2.08. The number of hydrogen-bond donors (Lipinski definition) is 2. The van der Waals surface area contributed by atoms with Crippen molar-refractivity contribution in [1.82, 2.24) is 0 Å². The molecule has 0 aliphatic rings. The standard InChI is InChI=1S/C9H9BrClNO2/c10-6-2-1-5(7(13)3-4-12)9(14)8(6)11/h1-2,14H,3-4,12H2. The fourth-order valence-electron chi connectivity index (χ4n) is 1.03. The van der Waals surface area contributed by atoms with Crippen molar-refractivity contribution in [2.24, 2.45) is 5.73 Å². The van der Waals surface area contributed by atoms with Crippen molar-refractivity contribution in [3.8, 4) is 5.75 Å². The number of nitrogens with two attached hydrogens (primary N) is 1. The van der Waals surface area contributed by atoms with Gasteiger partial charge in [0, 0.05) is 10.9 Å². The first kappa shape index (κ1) is 11.5. The average molecular weight is 279 g/mol. The number of phenols is 1. The molecule has 0 radical (unpaired) electrons. The maximum absolute atomic E-state index is 11.4. The van der Waals surface area contributed by atoms with E-state index >= 15 is 0 Å². The number of benzene rings is 1. The first-order valence-corrected chi connectivity index (χ1v) is 5.15. The van der Waals surface area contributed by atoms with Crippen LogP contribution in [0.25, 0.3) is 0 Å². The molecular weight excluding hydrogens is 269 g/mol. The Balaban J connectivity index is 3.11. The minimum atomic E-state index is -0.209. The predicted octanol–water partition coefficient (Wildman–Crippen LogP) is 2.34. The zero-order valence-electron chi connectivity index (χ0n) is 7.26. The van der Waals surface area contributed by atoms with Gasteiger partial charge in [-0.05, 0) is 34.6 Å². The molecule has 1 aromatic rings. The van der Waals surface area contributed by atoms with Crippen LogP contribution in [0.4, 0.5) is 0 Å². The molecule has 0 saturated carbocycles. The average Bonchev–Trinajstić information content (AvgIpc) is 2.15. The topological polar surface area (TPSA) is 63.3 Å². The monoisotopic (exact) mass is 277 g/mol. The van der Waals surface area contributed by atoms with Crippen LogP contribution in [0, 0.1) is 0 Å². The van der Waals surface area contributed by atoms with E-state index in [0.29, 0.717) is 4.47 Å². The molecule has 0 fully saturated rings. The van der Waals surface area contributed by atoms with Crippen molar-refractivity contribution in [3.05, 3.63) is 27.2 Å². The molecule has 0 bridgehead atoms. The van der Waals surface area contributed by atoms with E-state index < -0.39 is 0 Å². The molecule has 0 aliphatic carbocycles. The zero-order chi connectivity index (χ0) is 10.7. The molecule has 0 aliphatic heterocycles. The van der Waals surface area contributed by atoms with Crippen LogP contribution in [-0.4, -0.2) is 17.4 Å². The van der Waals surface area contributed by atoms with E-state index in [1.54, 1.807) is 6.07 Å². The first-order valence-electron chi connectivity index (χ1n) is 3.98. The Kier molecular flexibility index (Phi) is 3.92.